The van der Waals surface area contributed by atoms with Gasteiger partial charge >= 0.3 is 0 Å². The van der Waals surface area contributed by atoms with E-state index in [1.807, 2.05) is 0 Å². The number of aliphatic hydroxyl groups excluding tert-OH is 2. The molecule has 1 fully saturated rings. The molecule has 0 aromatic heterocycles. The average Bonchev–Trinajstić information content (AvgIpc) is 2.90. The van der Waals surface area contributed by atoms with Crippen LogP contribution in [0.4, 0.5) is 0 Å². The van der Waals surface area contributed by atoms with Crippen molar-refractivity contribution in [3.63, 3.8) is 0 Å². The van der Waals surface area contributed by atoms with Gasteiger partial charge in [-0.05, 0) is 13.0 Å². The molecule has 1 saturated heterocycles. The molecule has 6 atom stereocenters. The van der Waals surface area contributed by atoms with E-state index >= 15 is 0 Å². The molecule has 2 aromatic carbocycles. The third-order valence-corrected chi connectivity index (χ3v) is 7.81. The van der Waals surface area contributed by atoms with Gasteiger partial charge in [0, 0.05) is 42.0 Å². The topological polar surface area (TPSA) is 206 Å². The third kappa shape index (κ3) is 4.45. The van der Waals surface area contributed by atoms with Crippen LogP contribution in [0.1, 0.15) is 68.8 Å². The summed E-state index contributed by atoms with van der Waals surface area (Å²) in [6.45, 7) is 0.560. The summed E-state index contributed by atoms with van der Waals surface area (Å²) >= 11 is 0. The van der Waals surface area contributed by atoms with Gasteiger partial charge in [0.25, 0.3) is 0 Å². The fourth-order valence-corrected chi connectivity index (χ4v) is 5.75. The van der Waals surface area contributed by atoms with E-state index in [1.165, 1.54) is 25.3 Å². The van der Waals surface area contributed by atoms with Gasteiger partial charge in [-0.2, -0.15) is 0 Å². The summed E-state index contributed by atoms with van der Waals surface area (Å²) in [6.07, 6.45) is -5.12. The smallest absolute Gasteiger partial charge is 0.202 e. The van der Waals surface area contributed by atoms with Crippen LogP contribution in [0, 0.1) is 0 Å². The van der Waals surface area contributed by atoms with Crippen molar-refractivity contribution in [3.05, 3.63) is 51.6 Å². The van der Waals surface area contributed by atoms with E-state index in [2.05, 4.69) is 0 Å². The highest BCUT2D eigenvalue weighted by molar-refractivity contribution is 6.31. The lowest BCUT2D eigenvalue weighted by atomic mass is 9.72. The first kappa shape index (κ1) is 29.9. The number of halogens is 1. The van der Waals surface area contributed by atoms with E-state index in [0.29, 0.717) is 0 Å². The van der Waals surface area contributed by atoms with Crippen molar-refractivity contribution in [1.29, 1.82) is 0 Å². The molecule has 0 saturated carbocycles. The number of aliphatic hydroxyl groups is 3. The van der Waals surface area contributed by atoms with Gasteiger partial charge in [0.2, 0.25) is 5.78 Å². The molecule has 5 rings (SSSR count). The maximum absolute atomic E-state index is 13.6. The average molecular weight is 580 g/mol. The highest BCUT2D eigenvalue weighted by atomic mass is 35.5. The monoisotopic (exact) mass is 579 g/mol. The summed E-state index contributed by atoms with van der Waals surface area (Å²) in [6, 6.07) is 3.64. The van der Waals surface area contributed by atoms with Gasteiger partial charge in [0.05, 0.1) is 42.1 Å². The third-order valence-electron chi connectivity index (χ3n) is 7.81. The highest BCUT2D eigenvalue weighted by Crippen LogP contribution is 2.52. The molecule has 3 aliphatic rings. The number of phenolic OH excluding ortho intramolecular Hbond substituents is 2. The maximum atomic E-state index is 13.6. The summed E-state index contributed by atoms with van der Waals surface area (Å²) in [4.78, 5) is 39.7. The van der Waals surface area contributed by atoms with E-state index in [4.69, 9.17) is 19.9 Å². The van der Waals surface area contributed by atoms with E-state index in [9.17, 15) is 39.9 Å². The summed E-state index contributed by atoms with van der Waals surface area (Å²) in [5, 5.41) is 53.7. The van der Waals surface area contributed by atoms with Gasteiger partial charge in [-0.25, -0.2) is 0 Å². The lowest BCUT2D eigenvalue weighted by molar-refractivity contribution is -0.247. The Morgan fingerprint density at radius 3 is 2.45 bits per heavy atom. The molecule has 40 heavy (non-hydrogen) atoms. The predicted octanol–water partition coefficient (Wildman–Crippen LogP) is 0.423. The molecule has 7 N–H and O–H groups in total. The lowest BCUT2D eigenvalue weighted by Crippen LogP contribution is -2.53. The first-order chi connectivity index (χ1) is 18.4. The lowest BCUT2D eigenvalue weighted by Gasteiger charge is -2.42. The zero-order valence-corrected chi connectivity index (χ0v) is 22.4. The van der Waals surface area contributed by atoms with Crippen LogP contribution in [0.15, 0.2) is 18.2 Å². The summed E-state index contributed by atoms with van der Waals surface area (Å²) < 4.78 is 17.0. The van der Waals surface area contributed by atoms with Gasteiger partial charge in [-0.15, -0.1) is 12.4 Å². The molecule has 2 aromatic rings. The molecule has 1 unspecified atom stereocenters. The number of carbonyl (C=O) groups excluding carboxylic acids is 3. The van der Waals surface area contributed by atoms with E-state index < -0.39 is 95.7 Å². The fraction of sp³-hybridized carbons (Fsp3) is 0.444. The Bertz CT molecular complexity index is 1380. The largest absolute Gasteiger partial charge is 0.507 e. The minimum Gasteiger partial charge on any atom is -0.507 e. The molecule has 13 heteroatoms. The second-order valence-corrected chi connectivity index (χ2v) is 10.2. The molecule has 2 aliphatic carbocycles. The van der Waals surface area contributed by atoms with Gasteiger partial charge in [-0.3, -0.25) is 14.4 Å². The molecule has 0 bridgehead atoms. The van der Waals surface area contributed by atoms with Crippen LogP contribution in [0.2, 0.25) is 0 Å². The molecule has 216 valence electrons. The molecule has 0 amide bonds. The van der Waals surface area contributed by atoms with E-state index in [1.54, 1.807) is 6.92 Å². The summed E-state index contributed by atoms with van der Waals surface area (Å²) in [7, 11) is 1.32. The number of carbonyl (C=O) groups is 3. The fourth-order valence-electron chi connectivity index (χ4n) is 5.75. The van der Waals surface area contributed by atoms with Crippen LogP contribution in [-0.4, -0.2) is 86.7 Å². The predicted molar refractivity (Wildman–Crippen MR) is 139 cm³/mol. The van der Waals surface area contributed by atoms with Gasteiger partial charge < -0.3 is 45.5 Å². The van der Waals surface area contributed by atoms with Crippen molar-refractivity contribution in [2.75, 3.05) is 13.7 Å². The van der Waals surface area contributed by atoms with Gasteiger partial charge in [0.15, 0.2) is 17.9 Å². The Labute approximate surface area is 234 Å². The van der Waals surface area contributed by atoms with Gasteiger partial charge in [-0.1, -0.05) is 12.1 Å². The number of aromatic hydroxyl groups is 2. The van der Waals surface area contributed by atoms with Gasteiger partial charge in [0.1, 0.15) is 29.5 Å². The van der Waals surface area contributed by atoms with Crippen molar-refractivity contribution in [1.82, 2.24) is 0 Å². The molecule has 0 spiro atoms. The number of rotatable bonds is 5. The van der Waals surface area contributed by atoms with Crippen LogP contribution in [0.5, 0.6) is 17.2 Å². The van der Waals surface area contributed by atoms with Crippen molar-refractivity contribution < 1.29 is 54.1 Å². The van der Waals surface area contributed by atoms with Crippen LogP contribution >= 0.6 is 12.4 Å². The normalized spacial score (nSPS) is 29.1. The zero-order valence-electron chi connectivity index (χ0n) is 21.6. The maximum Gasteiger partial charge on any atom is 0.202 e. The number of fused-ring (bicyclic) bond motifs is 3. The van der Waals surface area contributed by atoms with Crippen LogP contribution < -0.4 is 10.5 Å². The Balaban J connectivity index is 0.00000370. The van der Waals surface area contributed by atoms with E-state index in [-0.39, 0.29) is 46.8 Å². The Kier molecular flexibility index (Phi) is 8.00. The number of nitrogens with two attached hydrogens (primary N) is 1. The zero-order chi connectivity index (χ0) is 28.4. The second kappa shape index (κ2) is 10.7. The molecule has 1 aliphatic heterocycles. The molecule has 0 radical (unpaired) electrons. The molecule has 1 heterocycles. The number of hydrogen-bond acceptors (Lipinski definition) is 12. The quantitative estimate of drug-likeness (QED) is 0.227. The molecular weight excluding hydrogens is 550 g/mol. The standard InChI is InChI=1S/C27H29NO11.ClH/c1-10-22(31)13(28)6-17(38-10)39-15-8-27(36,16(30)9-29)7-12-19(15)26(35)21-20(24(12)33)23(32)11-4-3-5-14(37-2)18(11)25(21)34;/h3-5,10,13,15,17,22,29,31,33,35-36H,6-9,28H2,1-2H3;1H/t10-,13-,15-,17-,22-,27?;/m0./s1. The molecular formula is C27H30ClNO11. The van der Waals surface area contributed by atoms with Crippen molar-refractivity contribution in [3.8, 4) is 17.2 Å². The van der Waals surface area contributed by atoms with Crippen LogP contribution in [-0.2, 0) is 20.7 Å². The number of ketones is 3. The number of methoxy groups -OCH3 is 1. The number of ether oxygens (including phenoxy) is 3. The summed E-state index contributed by atoms with van der Waals surface area (Å²) in [5.41, 5.74) is 2.37. The number of phenols is 2. The number of benzene rings is 2. The Hall–Kier alpha value is -3.10. The minimum atomic E-state index is -2.24. The Morgan fingerprint density at radius 2 is 1.82 bits per heavy atom. The molecule has 12 nitrogen and oxygen atoms in total. The Morgan fingerprint density at radius 1 is 1.15 bits per heavy atom. The van der Waals surface area contributed by atoms with Crippen molar-refractivity contribution in [2.45, 2.75) is 62.4 Å². The first-order valence-corrected chi connectivity index (χ1v) is 12.4. The van der Waals surface area contributed by atoms with Crippen LogP contribution in [0.3, 0.4) is 0 Å². The summed E-state index contributed by atoms with van der Waals surface area (Å²) in [5.74, 6) is -3.77. The number of hydrogen-bond donors (Lipinski definition) is 6. The van der Waals surface area contributed by atoms with Crippen molar-refractivity contribution >= 4 is 29.8 Å². The van der Waals surface area contributed by atoms with Crippen LogP contribution in [0.25, 0.3) is 0 Å². The van der Waals surface area contributed by atoms with Crippen molar-refractivity contribution in [2.24, 2.45) is 5.73 Å². The van der Waals surface area contributed by atoms with E-state index in [0.717, 1.165) is 0 Å². The highest BCUT2D eigenvalue weighted by Gasteiger charge is 2.50. The first-order valence-electron chi connectivity index (χ1n) is 12.4. The number of Topliss-reactive ketones (excluding diaryl/α,β-unsaturated/α-hetero) is 1. The SMILES string of the molecule is COc1cccc2c1C(=O)c1c(O)c3c(c(O)c1C2=O)CC(O)(C(=O)CO)C[C@@H]3O[C@H]1C[C@H](N)[C@@H](O)[C@H](C)O1.Cl. The minimum absolute atomic E-state index is 0. The second-order valence-electron chi connectivity index (χ2n) is 10.2.